The fourth-order valence-electron chi connectivity index (χ4n) is 3.80. The molecule has 0 bridgehead atoms. The van der Waals surface area contributed by atoms with E-state index in [1.165, 1.54) is 0 Å². The number of ether oxygens (including phenoxy) is 2. The van der Waals surface area contributed by atoms with E-state index in [9.17, 15) is 9.59 Å². The lowest BCUT2D eigenvalue weighted by molar-refractivity contribution is -0.122. The first kappa shape index (κ1) is 22.9. The number of nitrogens with zero attached hydrogens (tertiary/aromatic N) is 1. The van der Waals surface area contributed by atoms with Crippen molar-refractivity contribution < 1.29 is 23.5 Å². The molecule has 4 rings (SSSR count). The van der Waals surface area contributed by atoms with E-state index in [4.69, 9.17) is 13.9 Å². The van der Waals surface area contributed by atoms with Gasteiger partial charge in [0, 0.05) is 18.5 Å². The minimum absolute atomic E-state index is 0.122. The average Bonchev–Trinajstić information content (AvgIpc) is 3.18. The third kappa shape index (κ3) is 4.88. The van der Waals surface area contributed by atoms with Crippen LogP contribution in [0.4, 0.5) is 5.69 Å². The lowest BCUT2D eigenvalue weighted by Gasteiger charge is -2.26. The van der Waals surface area contributed by atoms with Crippen molar-refractivity contribution in [2.24, 2.45) is 0 Å². The SMILES string of the molecule is Cc1ccc(C(C)C)cc1OC(C)C(=O)Nc1c(C(=O)N2CCOCC2)oc2ccccc12. The Labute approximate surface area is 193 Å². The zero-order valence-electron chi connectivity index (χ0n) is 19.5. The number of benzene rings is 2. The quantitative estimate of drug-likeness (QED) is 0.587. The summed E-state index contributed by atoms with van der Waals surface area (Å²) in [5.41, 5.74) is 3.01. The maximum Gasteiger partial charge on any atom is 0.291 e. The number of aryl methyl sites for hydroxylation is 1. The maximum atomic E-state index is 13.2. The molecule has 1 atom stereocenters. The van der Waals surface area contributed by atoms with Crippen LogP contribution in [-0.2, 0) is 9.53 Å². The first-order valence-electron chi connectivity index (χ1n) is 11.3. The number of hydrogen-bond acceptors (Lipinski definition) is 5. The molecular weight excluding hydrogens is 420 g/mol. The molecule has 0 saturated carbocycles. The van der Waals surface area contributed by atoms with Crippen LogP contribution in [0.1, 0.15) is 48.4 Å². The highest BCUT2D eigenvalue weighted by Crippen LogP contribution is 2.32. The molecule has 33 heavy (non-hydrogen) atoms. The van der Waals surface area contributed by atoms with Crippen LogP contribution in [0.5, 0.6) is 5.75 Å². The molecule has 1 aliphatic heterocycles. The number of anilines is 1. The first-order valence-corrected chi connectivity index (χ1v) is 11.3. The van der Waals surface area contributed by atoms with Gasteiger partial charge in [-0.15, -0.1) is 0 Å². The largest absolute Gasteiger partial charge is 0.481 e. The van der Waals surface area contributed by atoms with Crippen LogP contribution < -0.4 is 10.1 Å². The molecule has 0 aliphatic carbocycles. The molecule has 3 aromatic rings. The van der Waals surface area contributed by atoms with Crippen LogP contribution in [0, 0.1) is 6.92 Å². The van der Waals surface area contributed by atoms with Gasteiger partial charge in [-0.3, -0.25) is 9.59 Å². The van der Waals surface area contributed by atoms with Gasteiger partial charge in [0.05, 0.1) is 13.2 Å². The van der Waals surface area contributed by atoms with E-state index in [0.29, 0.717) is 54.6 Å². The number of amides is 2. The van der Waals surface area contributed by atoms with Crippen LogP contribution >= 0.6 is 0 Å². The van der Waals surface area contributed by atoms with E-state index in [0.717, 1.165) is 11.1 Å². The number of furan rings is 1. The Morgan fingerprint density at radius 2 is 1.79 bits per heavy atom. The van der Waals surface area contributed by atoms with E-state index >= 15 is 0 Å². The standard InChI is InChI=1S/C26H30N2O5/c1-16(2)19-10-9-17(3)22(15-19)32-18(4)25(29)27-23-20-7-5-6-8-21(20)33-24(23)26(30)28-11-13-31-14-12-28/h5-10,15-16,18H,11-14H2,1-4H3,(H,27,29). The van der Waals surface area contributed by atoms with Crippen LogP contribution in [0.25, 0.3) is 11.0 Å². The third-order valence-corrected chi connectivity index (χ3v) is 5.89. The Morgan fingerprint density at radius 3 is 2.52 bits per heavy atom. The molecule has 7 heteroatoms. The topological polar surface area (TPSA) is 81.0 Å². The summed E-state index contributed by atoms with van der Waals surface area (Å²) < 4.78 is 17.3. The fourth-order valence-corrected chi connectivity index (χ4v) is 3.80. The smallest absolute Gasteiger partial charge is 0.291 e. The monoisotopic (exact) mass is 450 g/mol. The summed E-state index contributed by atoms with van der Waals surface area (Å²) in [5.74, 6) is 0.524. The van der Waals surface area contributed by atoms with Gasteiger partial charge in [-0.1, -0.05) is 38.1 Å². The summed E-state index contributed by atoms with van der Waals surface area (Å²) in [6, 6.07) is 13.3. The van der Waals surface area contributed by atoms with Gasteiger partial charge in [-0.2, -0.15) is 0 Å². The molecule has 2 amide bonds. The molecule has 174 valence electrons. The zero-order valence-corrected chi connectivity index (χ0v) is 19.5. The molecule has 1 saturated heterocycles. The van der Waals surface area contributed by atoms with Gasteiger partial charge < -0.3 is 24.1 Å². The minimum atomic E-state index is -0.772. The molecule has 7 nitrogen and oxygen atoms in total. The minimum Gasteiger partial charge on any atom is -0.481 e. The van der Waals surface area contributed by atoms with Gasteiger partial charge in [0.25, 0.3) is 11.8 Å². The van der Waals surface area contributed by atoms with Crippen molar-refractivity contribution in [1.29, 1.82) is 0 Å². The van der Waals surface area contributed by atoms with E-state index in [-0.39, 0.29) is 17.6 Å². The molecule has 1 aromatic heterocycles. The highest BCUT2D eigenvalue weighted by molar-refractivity contribution is 6.11. The number of fused-ring (bicyclic) bond motifs is 1. The second kappa shape index (κ2) is 9.67. The lowest BCUT2D eigenvalue weighted by atomic mass is 10.0. The van der Waals surface area contributed by atoms with Crippen LogP contribution in [0.3, 0.4) is 0 Å². The van der Waals surface area contributed by atoms with E-state index in [1.54, 1.807) is 17.9 Å². The molecule has 0 spiro atoms. The van der Waals surface area contributed by atoms with Crippen LogP contribution in [0.2, 0.25) is 0 Å². The van der Waals surface area contributed by atoms with Crippen molar-refractivity contribution >= 4 is 28.5 Å². The zero-order chi connectivity index (χ0) is 23.5. The van der Waals surface area contributed by atoms with Crippen molar-refractivity contribution in [3.05, 3.63) is 59.4 Å². The number of nitrogens with one attached hydrogen (secondary N) is 1. The number of para-hydroxylation sites is 1. The highest BCUT2D eigenvalue weighted by Gasteiger charge is 2.29. The summed E-state index contributed by atoms with van der Waals surface area (Å²) in [6.07, 6.45) is -0.772. The van der Waals surface area contributed by atoms with Gasteiger partial charge in [-0.25, -0.2) is 0 Å². The average molecular weight is 451 g/mol. The number of morpholine rings is 1. The van der Waals surface area contributed by atoms with Gasteiger partial charge in [-0.05, 0) is 49.1 Å². The number of rotatable bonds is 6. The summed E-state index contributed by atoms with van der Waals surface area (Å²) in [5, 5.41) is 3.57. The number of carbonyl (C=O) groups is 2. The van der Waals surface area contributed by atoms with Gasteiger partial charge in [0.2, 0.25) is 5.76 Å². The Kier molecular flexibility index (Phi) is 6.70. The summed E-state index contributed by atoms with van der Waals surface area (Å²) >= 11 is 0. The summed E-state index contributed by atoms with van der Waals surface area (Å²) in [4.78, 5) is 28.0. The Bertz CT molecular complexity index is 1160. The van der Waals surface area contributed by atoms with Gasteiger partial charge >= 0.3 is 0 Å². The van der Waals surface area contributed by atoms with Crippen molar-refractivity contribution in [1.82, 2.24) is 4.90 Å². The van der Waals surface area contributed by atoms with E-state index < -0.39 is 6.10 Å². The predicted molar refractivity (Wildman–Crippen MR) is 127 cm³/mol. The van der Waals surface area contributed by atoms with Crippen molar-refractivity contribution in [3.8, 4) is 5.75 Å². The number of hydrogen-bond donors (Lipinski definition) is 1. The molecule has 0 radical (unpaired) electrons. The normalized spacial score (nSPS) is 15.0. The molecular formula is C26H30N2O5. The third-order valence-electron chi connectivity index (χ3n) is 5.89. The van der Waals surface area contributed by atoms with E-state index in [1.807, 2.05) is 37.3 Å². The highest BCUT2D eigenvalue weighted by atomic mass is 16.5. The van der Waals surface area contributed by atoms with Gasteiger partial charge in [0.15, 0.2) is 6.10 Å². The molecule has 1 unspecified atom stereocenters. The molecule has 1 N–H and O–H groups in total. The second-order valence-corrected chi connectivity index (χ2v) is 8.64. The molecule has 1 aliphatic rings. The second-order valence-electron chi connectivity index (χ2n) is 8.64. The van der Waals surface area contributed by atoms with Crippen LogP contribution in [-0.4, -0.2) is 49.1 Å². The Morgan fingerprint density at radius 1 is 1.06 bits per heavy atom. The fraction of sp³-hybridized carbons (Fsp3) is 0.385. The Hall–Kier alpha value is -3.32. The van der Waals surface area contributed by atoms with Crippen molar-refractivity contribution in [3.63, 3.8) is 0 Å². The number of carbonyl (C=O) groups excluding carboxylic acids is 2. The van der Waals surface area contributed by atoms with Crippen LogP contribution in [0.15, 0.2) is 46.9 Å². The summed E-state index contributed by atoms with van der Waals surface area (Å²) in [7, 11) is 0. The predicted octanol–water partition coefficient (Wildman–Crippen LogP) is 4.74. The maximum absolute atomic E-state index is 13.2. The lowest BCUT2D eigenvalue weighted by Crippen LogP contribution is -2.41. The van der Waals surface area contributed by atoms with Crippen molar-refractivity contribution in [2.45, 2.75) is 39.7 Å². The summed E-state index contributed by atoms with van der Waals surface area (Å²) in [6.45, 7) is 9.79. The molecule has 2 heterocycles. The molecule has 1 fully saturated rings. The van der Waals surface area contributed by atoms with Gasteiger partial charge in [0.1, 0.15) is 17.0 Å². The Balaban J connectivity index is 1.58. The van der Waals surface area contributed by atoms with Crippen molar-refractivity contribution in [2.75, 3.05) is 31.6 Å². The van der Waals surface area contributed by atoms with E-state index in [2.05, 4.69) is 25.2 Å². The molecule has 2 aromatic carbocycles. The first-order chi connectivity index (χ1) is 15.8.